The minimum atomic E-state index is 0.486. The van der Waals surface area contributed by atoms with Gasteiger partial charge in [-0.3, -0.25) is 10.4 Å². The summed E-state index contributed by atoms with van der Waals surface area (Å²) in [5.41, 5.74) is 3.57. The summed E-state index contributed by atoms with van der Waals surface area (Å²) < 4.78 is 0. The van der Waals surface area contributed by atoms with E-state index in [9.17, 15) is 0 Å². The Kier molecular flexibility index (Phi) is 3.84. The number of thiocarbonyl (C=S) groups is 1. The van der Waals surface area contributed by atoms with Gasteiger partial charge in [-0.15, -0.1) is 0 Å². The van der Waals surface area contributed by atoms with Crippen molar-refractivity contribution in [3.8, 4) is 0 Å². The molecule has 0 amide bonds. The highest BCUT2D eigenvalue weighted by molar-refractivity contribution is 7.80. The van der Waals surface area contributed by atoms with Crippen LogP contribution >= 0.6 is 12.2 Å². The van der Waals surface area contributed by atoms with Crippen molar-refractivity contribution >= 4 is 23.5 Å². The van der Waals surface area contributed by atoms with Crippen LogP contribution in [0.15, 0.2) is 29.6 Å². The summed E-state index contributed by atoms with van der Waals surface area (Å²) in [7, 11) is 1.73. The number of hydrogen-bond donors (Lipinski definition) is 2. The normalized spacial score (nSPS) is 9.92. The molecule has 0 unspecified atom stereocenters. The van der Waals surface area contributed by atoms with Crippen LogP contribution in [-0.2, 0) is 0 Å². The van der Waals surface area contributed by atoms with Gasteiger partial charge in [0.15, 0.2) is 5.11 Å². The number of nitrogens with zero attached hydrogens (tertiary/aromatic N) is 2. The monoisotopic (exact) mass is 194 g/mol. The smallest absolute Gasteiger partial charge is 0.186 e. The molecule has 5 heteroatoms. The first-order valence-electron chi connectivity index (χ1n) is 3.74. The first kappa shape index (κ1) is 9.60. The van der Waals surface area contributed by atoms with E-state index in [0.717, 1.165) is 5.56 Å². The number of hydrogen-bond acceptors (Lipinski definition) is 3. The van der Waals surface area contributed by atoms with Crippen LogP contribution in [0.25, 0.3) is 0 Å². The van der Waals surface area contributed by atoms with Crippen LogP contribution in [0.3, 0.4) is 0 Å². The third-order valence-corrected chi connectivity index (χ3v) is 1.59. The third kappa shape index (κ3) is 3.62. The zero-order valence-corrected chi connectivity index (χ0v) is 8.01. The number of pyridine rings is 1. The highest BCUT2D eigenvalue weighted by Crippen LogP contribution is 1.89. The lowest BCUT2D eigenvalue weighted by Crippen LogP contribution is -2.28. The number of hydrazone groups is 1. The Hall–Kier alpha value is -1.49. The lowest BCUT2D eigenvalue weighted by atomic mass is 10.3. The maximum Gasteiger partial charge on any atom is 0.186 e. The van der Waals surface area contributed by atoms with Crippen LogP contribution < -0.4 is 10.7 Å². The van der Waals surface area contributed by atoms with Gasteiger partial charge in [0.05, 0.1) is 6.21 Å². The van der Waals surface area contributed by atoms with Gasteiger partial charge in [0, 0.05) is 25.0 Å². The number of aromatic nitrogens is 1. The predicted molar refractivity (Wildman–Crippen MR) is 56.6 cm³/mol. The fourth-order valence-electron chi connectivity index (χ4n) is 0.674. The van der Waals surface area contributed by atoms with Gasteiger partial charge in [0.25, 0.3) is 0 Å². The fraction of sp³-hybridized carbons (Fsp3) is 0.125. The standard InChI is InChI=1S/C8H10N4S/c1-9-8(13)12-11-6-7-3-2-4-10-5-7/h2-6H,1H3,(H2,9,12,13)/b11-6+. The average Bonchev–Trinajstić information content (AvgIpc) is 2.19. The molecule has 0 bridgehead atoms. The van der Waals surface area contributed by atoms with Crippen molar-refractivity contribution in [3.05, 3.63) is 30.1 Å². The highest BCUT2D eigenvalue weighted by Gasteiger charge is 1.86. The molecule has 0 aromatic carbocycles. The second-order valence-electron chi connectivity index (χ2n) is 2.24. The molecule has 1 heterocycles. The quantitative estimate of drug-likeness (QED) is 0.409. The lowest BCUT2D eigenvalue weighted by Gasteiger charge is -1.98. The molecule has 2 N–H and O–H groups in total. The van der Waals surface area contributed by atoms with Gasteiger partial charge in [-0.1, -0.05) is 6.07 Å². The Bertz CT molecular complexity index is 296. The largest absolute Gasteiger partial charge is 0.364 e. The van der Waals surface area contributed by atoms with Crippen LogP contribution in [-0.4, -0.2) is 23.4 Å². The summed E-state index contributed by atoms with van der Waals surface area (Å²) in [4.78, 5) is 3.94. The molecule has 0 aliphatic carbocycles. The molecule has 1 aromatic rings. The minimum Gasteiger partial charge on any atom is -0.364 e. The average molecular weight is 194 g/mol. The van der Waals surface area contributed by atoms with E-state index < -0.39 is 0 Å². The molecular formula is C8H10N4S. The van der Waals surface area contributed by atoms with Crippen molar-refractivity contribution in [3.63, 3.8) is 0 Å². The van der Waals surface area contributed by atoms with Crippen LogP contribution in [0.4, 0.5) is 0 Å². The molecule has 0 spiro atoms. The molecule has 0 fully saturated rings. The van der Waals surface area contributed by atoms with E-state index in [1.54, 1.807) is 25.7 Å². The molecule has 1 aromatic heterocycles. The fourth-order valence-corrected chi connectivity index (χ4v) is 0.726. The van der Waals surface area contributed by atoms with E-state index in [0.29, 0.717) is 5.11 Å². The van der Waals surface area contributed by atoms with E-state index in [4.69, 9.17) is 12.2 Å². The first-order chi connectivity index (χ1) is 6.33. The Labute approximate surface area is 82.1 Å². The third-order valence-electron chi connectivity index (χ3n) is 1.29. The van der Waals surface area contributed by atoms with E-state index in [2.05, 4.69) is 20.8 Å². The molecule has 1 rings (SSSR count). The van der Waals surface area contributed by atoms with Gasteiger partial charge in [0.2, 0.25) is 0 Å². The SMILES string of the molecule is CNC(=S)N/N=C/c1cccnc1. The summed E-state index contributed by atoms with van der Waals surface area (Å²) in [6.07, 6.45) is 5.08. The molecule has 68 valence electrons. The summed E-state index contributed by atoms with van der Waals surface area (Å²) in [6.45, 7) is 0. The van der Waals surface area contributed by atoms with Crippen LogP contribution in [0, 0.1) is 0 Å². The zero-order chi connectivity index (χ0) is 9.52. The Morgan fingerprint density at radius 2 is 2.54 bits per heavy atom. The summed E-state index contributed by atoms with van der Waals surface area (Å²) in [6, 6.07) is 3.75. The van der Waals surface area contributed by atoms with Gasteiger partial charge in [-0.25, -0.2) is 0 Å². The van der Waals surface area contributed by atoms with Crippen molar-refractivity contribution in [1.82, 2.24) is 15.7 Å². The second-order valence-corrected chi connectivity index (χ2v) is 2.64. The summed E-state index contributed by atoms with van der Waals surface area (Å²) in [5.74, 6) is 0. The van der Waals surface area contributed by atoms with Gasteiger partial charge < -0.3 is 5.32 Å². The molecule has 0 aliphatic heterocycles. The van der Waals surface area contributed by atoms with Gasteiger partial charge in [-0.2, -0.15) is 5.10 Å². The van der Waals surface area contributed by atoms with Crippen LogP contribution in [0.2, 0.25) is 0 Å². The Balaban J connectivity index is 2.45. The Morgan fingerprint density at radius 3 is 3.15 bits per heavy atom. The molecular weight excluding hydrogens is 184 g/mol. The van der Waals surface area contributed by atoms with Crippen molar-refractivity contribution in [2.75, 3.05) is 7.05 Å². The lowest BCUT2D eigenvalue weighted by molar-refractivity contribution is 0.982. The predicted octanol–water partition coefficient (Wildman–Crippen LogP) is 0.509. The molecule has 0 radical (unpaired) electrons. The molecule has 13 heavy (non-hydrogen) atoms. The van der Waals surface area contributed by atoms with Gasteiger partial charge >= 0.3 is 0 Å². The molecule has 0 saturated carbocycles. The van der Waals surface area contributed by atoms with Gasteiger partial charge in [0.1, 0.15) is 0 Å². The van der Waals surface area contributed by atoms with Crippen LogP contribution in [0.5, 0.6) is 0 Å². The van der Waals surface area contributed by atoms with Gasteiger partial charge in [-0.05, 0) is 18.3 Å². The molecule has 4 nitrogen and oxygen atoms in total. The molecule has 0 aliphatic rings. The van der Waals surface area contributed by atoms with Crippen molar-refractivity contribution in [2.45, 2.75) is 0 Å². The number of rotatable bonds is 2. The highest BCUT2D eigenvalue weighted by atomic mass is 32.1. The molecule has 0 atom stereocenters. The van der Waals surface area contributed by atoms with Crippen molar-refractivity contribution < 1.29 is 0 Å². The second kappa shape index (κ2) is 5.21. The van der Waals surface area contributed by atoms with Crippen molar-refractivity contribution in [1.29, 1.82) is 0 Å². The zero-order valence-electron chi connectivity index (χ0n) is 7.19. The minimum absolute atomic E-state index is 0.486. The maximum absolute atomic E-state index is 4.82. The number of nitrogens with one attached hydrogen (secondary N) is 2. The Morgan fingerprint density at radius 1 is 1.69 bits per heavy atom. The van der Waals surface area contributed by atoms with E-state index in [-0.39, 0.29) is 0 Å². The van der Waals surface area contributed by atoms with E-state index >= 15 is 0 Å². The van der Waals surface area contributed by atoms with E-state index in [1.165, 1.54) is 0 Å². The van der Waals surface area contributed by atoms with Crippen molar-refractivity contribution in [2.24, 2.45) is 5.10 Å². The summed E-state index contributed by atoms with van der Waals surface area (Å²) >= 11 is 4.82. The van der Waals surface area contributed by atoms with Crippen LogP contribution in [0.1, 0.15) is 5.56 Å². The molecule has 0 saturated heterocycles. The first-order valence-corrected chi connectivity index (χ1v) is 4.14. The maximum atomic E-state index is 4.82. The topological polar surface area (TPSA) is 49.3 Å². The summed E-state index contributed by atoms with van der Waals surface area (Å²) in [5, 5.41) is 7.12. The van der Waals surface area contributed by atoms with E-state index in [1.807, 2.05) is 12.1 Å².